The first-order valence-corrected chi connectivity index (χ1v) is 18.2. The summed E-state index contributed by atoms with van der Waals surface area (Å²) in [4.78, 5) is 13.3. The van der Waals surface area contributed by atoms with E-state index in [9.17, 15) is 9.90 Å². The second-order valence-corrected chi connectivity index (χ2v) is 20.2. The number of fused-ring (bicyclic) bond motifs is 1. The fourth-order valence-electron chi connectivity index (χ4n) is 8.28. The largest absolute Gasteiger partial charge is 0.462 e. The van der Waals surface area contributed by atoms with Crippen molar-refractivity contribution in [2.24, 2.45) is 34.0 Å². The van der Waals surface area contributed by atoms with Gasteiger partial charge < -0.3 is 14.3 Å². The highest BCUT2D eigenvalue weighted by atomic mass is 28.4. The fraction of sp³-hybridized carbons (Fsp3) is 0.605. The molecule has 4 rings (SSSR count). The highest BCUT2D eigenvalue weighted by Gasteiger charge is 2.61. The van der Waals surface area contributed by atoms with Crippen molar-refractivity contribution >= 4 is 24.7 Å². The van der Waals surface area contributed by atoms with E-state index in [0.717, 1.165) is 19.3 Å². The minimum absolute atomic E-state index is 0.0440. The van der Waals surface area contributed by atoms with Crippen LogP contribution < -0.4 is 10.4 Å². The maximum absolute atomic E-state index is 13.3. The van der Waals surface area contributed by atoms with E-state index in [4.69, 9.17) is 9.16 Å². The van der Waals surface area contributed by atoms with Gasteiger partial charge in [0.2, 0.25) is 0 Å². The van der Waals surface area contributed by atoms with E-state index in [2.05, 4.69) is 115 Å². The molecule has 43 heavy (non-hydrogen) atoms. The molecule has 0 radical (unpaired) electrons. The van der Waals surface area contributed by atoms with E-state index >= 15 is 0 Å². The molecule has 2 aromatic rings. The molecule has 0 amide bonds. The predicted octanol–water partition coefficient (Wildman–Crippen LogP) is 7.54. The van der Waals surface area contributed by atoms with Gasteiger partial charge in [0.25, 0.3) is 8.32 Å². The zero-order valence-corrected chi connectivity index (χ0v) is 29.4. The average molecular weight is 605 g/mol. The van der Waals surface area contributed by atoms with E-state index in [1.54, 1.807) is 0 Å². The van der Waals surface area contributed by atoms with Gasteiger partial charge in [-0.1, -0.05) is 114 Å². The Morgan fingerprint density at radius 2 is 1.49 bits per heavy atom. The number of aliphatic hydroxyl groups is 1. The molecule has 1 N–H and O–H groups in total. The second kappa shape index (κ2) is 12.3. The summed E-state index contributed by atoms with van der Waals surface area (Å²) < 4.78 is 14.0. The van der Waals surface area contributed by atoms with E-state index in [1.807, 2.05) is 20.8 Å². The van der Waals surface area contributed by atoms with E-state index in [0.29, 0.717) is 6.61 Å². The highest BCUT2D eigenvalue weighted by molar-refractivity contribution is 6.99. The maximum atomic E-state index is 13.3. The van der Waals surface area contributed by atoms with Crippen LogP contribution in [0.4, 0.5) is 0 Å². The first-order chi connectivity index (χ1) is 20.0. The third-order valence-corrected chi connectivity index (χ3v) is 15.9. The minimum Gasteiger partial charge on any atom is -0.462 e. The Hall–Kier alpha value is -2.21. The van der Waals surface area contributed by atoms with Gasteiger partial charge in [-0.05, 0) is 91.0 Å². The van der Waals surface area contributed by atoms with Gasteiger partial charge in [0.1, 0.15) is 6.10 Å². The monoisotopic (exact) mass is 604 g/mol. The Morgan fingerprint density at radius 3 is 1.95 bits per heavy atom. The lowest BCUT2D eigenvalue weighted by Crippen LogP contribution is -2.67. The summed E-state index contributed by atoms with van der Waals surface area (Å²) >= 11 is 0. The predicted molar refractivity (Wildman–Crippen MR) is 180 cm³/mol. The molecular formula is C38H56O4Si. The van der Waals surface area contributed by atoms with Crippen molar-refractivity contribution < 1.29 is 19.1 Å². The molecule has 0 heterocycles. The summed E-state index contributed by atoms with van der Waals surface area (Å²) in [6.45, 7) is 22.7. The van der Waals surface area contributed by atoms with Gasteiger partial charge in [0.15, 0.2) is 0 Å². The van der Waals surface area contributed by atoms with Gasteiger partial charge in [-0.3, -0.25) is 4.79 Å². The number of ether oxygens (including phenoxy) is 1. The first-order valence-electron chi connectivity index (χ1n) is 16.3. The normalized spacial score (nSPS) is 27.4. The van der Waals surface area contributed by atoms with Crippen LogP contribution in [0, 0.1) is 34.0 Å². The lowest BCUT2D eigenvalue weighted by Gasteiger charge is -2.55. The van der Waals surface area contributed by atoms with Crippen molar-refractivity contribution in [1.82, 2.24) is 0 Å². The third-order valence-electron chi connectivity index (χ3n) is 10.9. The molecule has 0 saturated heterocycles. The molecule has 0 spiro atoms. The van der Waals surface area contributed by atoms with Crippen molar-refractivity contribution in [3.8, 4) is 0 Å². The third kappa shape index (κ3) is 6.06. The maximum Gasteiger partial charge on any atom is 0.311 e. The number of hydrogen-bond donors (Lipinski definition) is 1. The average Bonchev–Trinajstić information content (AvgIpc) is 3.14. The van der Waals surface area contributed by atoms with Crippen molar-refractivity contribution in [1.29, 1.82) is 0 Å². The van der Waals surface area contributed by atoms with Crippen LogP contribution in [0.5, 0.6) is 0 Å². The standard InChI is InChI=1S/C38H56O4Si/c1-27-25-38(22-17-23-39)31(28(2)32(24-33(38)37(27,9)10)42-34(40)35(3,4)5)26-41-43(36(6,7)8,29-18-13-11-14-19-29)30-20-15-12-16-21-30/h11-16,18-21,25,28,31-33,39H,17,22-24,26H2,1-10H3/t28-,31-,32-,33-,38-/m0/s1. The minimum atomic E-state index is -2.79. The van der Waals surface area contributed by atoms with Crippen molar-refractivity contribution in [3.63, 3.8) is 0 Å². The number of aliphatic hydroxyl groups excluding tert-OH is 1. The van der Waals surface area contributed by atoms with Crippen molar-refractivity contribution in [2.45, 2.75) is 99.6 Å². The van der Waals surface area contributed by atoms with Gasteiger partial charge >= 0.3 is 5.97 Å². The Bertz CT molecular complexity index is 1230. The van der Waals surface area contributed by atoms with Crippen LogP contribution in [0.25, 0.3) is 0 Å². The molecule has 0 aromatic heterocycles. The Kier molecular flexibility index (Phi) is 9.63. The van der Waals surface area contributed by atoms with Gasteiger partial charge in [0.05, 0.1) is 5.41 Å². The molecule has 2 aliphatic carbocycles. The number of carbonyl (C=O) groups is 1. The van der Waals surface area contributed by atoms with E-state index < -0.39 is 13.7 Å². The summed E-state index contributed by atoms with van der Waals surface area (Å²) in [6, 6.07) is 21.7. The Balaban J connectivity index is 1.86. The van der Waals surface area contributed by atoms with Gasteiger partial charge in [-0.15, -0.1) is 0 Å². The van der Waals surface area contributed by atoms with Crippen LogP contribution in [0.3, 0.4) is 0 Å². The second-order valence-electron chi connectivity index (χ2n) is 15.9. The molecule has 0 unspecified atom stereocenters. The number of esters is 1. The molecule has 4 nitrogen and oxygen atoms in total. The highest BCUT2D eigenvalue weighted by Crippen LogP contribution is 2.65. The zero-order valence-electron chi connectivity index (χ0n) is 28.4. The zero-order chi connectivity index (χ0) is 31.8. The quantitative estimate of drug-likeness (QED) is 0.183. The molecular weight excluding hydrogens is 549 g/mol. The topological polar surface area (TPSA) is 55.8 Å². The molecule has 2 aliphatic rings. The van der Waals surface area contributed by atoms with Crippen LogP contribution in [0.1, 0.15) is 88.5 Å². The number of carbonyl (C=O) groups excluding carboxylic acids is 1. The van der Waals surface area contributed by atoms with Crippen LogP contribution in [-0.2, 0) is 14.0 Å². The lowest BCUT2D eigenvalue weighted by atomic mass is 9.52. The summed E-state index contributed by atoms with van der Waals surface area (Å²) in [6.07, 6.45) is 4.81. The summed E-state index contributed by atoms with van der Waals surface area (Å²) in [5.41, 5.74) is 0.635. The molecule has 1 fully saturated rings. The Morgan fingerprint density at radius 1 is 0.953 bits per heavy atom. The SMILES string of the molecule is CC1=C[C@@]2(CCCO)[C@@H](CO[Si](c3ccccc3)(c3ccccc3)C(C)(C)C)[C@H](C)[C@@H](OC(=O)C(C)(C)C)C[C@H]2C1(C)C. The van der Waals surface area contributed by atoms with Gasteiger partial charge in [0, 0.05) is 13.2 Å². The number of benzene rings is 2. The van der Waals surface area contributed by atoms with Crippen LogP contribution >= 0.6 is 0 Å². The molecule has 5 atom stereocenters. The van der Waals surface area contributed by atoms with Gasteiger partial charge in [-0.25, -0.2) is 0 Å². The molecule has 1 saturated carbocycles. The summed E-state index contributed by atoms with van der Waals surface area (Å²) in [5, 5.41) is 12.5. The molecule has 5 heteroatoms. The number of hydrogen-bond acceptors (Lipinski definition) is 4. The molecule has 236 valence electrons. The first kappa shape index (κ1) is 33.7. The van der Waals surface area contributed by atoms with E-state index in [-0.39, 0.29) is 52.3 Å². The molecule has 0 aliphatic heterocycles. The number of rotatable bonds is 9. The summed E-state index contributed by atoms with van der Waals surface area (Å²) in [5.74, 6) is 0.360. The molecule has 2 aromatic carbocycles. The van der Waals surface area contributed by atoms with Crippen LogP contribution in [-0.4, -0.2) is 38.7 Å². The fourth-order valence-corrected chi connectivity index (χ4v) is 12.9. The van der Waals surface area contributed by atoms with Crippen LogP contribution in [0.15, 0.2) is 72.3 Å². The van der Waals surface area contributed by atoms with E-state index in [1.165, 1.54) is 15.9 Å². The van der Waals surface area contributed by atoms with Gasteiger partial charge in [-0.2, -0.15) is 0 Å². The lowest BCUT2D eigenvalue weighted by molar-refractivity contribution is -0.175. The molecule has 0 bridgehead atoms. The number of allylic oxidation sites excluding steroid dienone is 2. The van der Waals surface area contributed by atoms with Crippen molar-refractivity contribution in [2.75, 3.05) is 13.2 Å². The Labute approximate surface area is 262 Å². The summed E-state index contributed by atoms with van der Waals surface area (Å²) in [7, 11) is -2.79. The smallest absolute Gasteiger partial charge is 0.311 e. The van der Waals surface area contributed by atoms with Crippen LogP contribution in [0.2, 0.25) is 5.04 Å². The van der Waals surface area contributed by atoms with Crippen molar-refractivity contribution in [3.05, 3.63) is 72.3 Å².